The first-order chi connectivity index (χ1) is 15.6. The normalized spacial score (nSPS) is 13.3. The van der Waals surface area contributed by atoms with Gasteiger partial charge in [0.1, 0.15) is 0 Å². The molecule has 3 aromatic rings. The molecule has 1 fully saturated rings. The van der Waals surface area contributed by atoms with Gasteiger partial charge in [-0.15, -0.1) is 0 Å². The molecule has 1 aliphatic rings. The van der Waals surface area contributed by atoms with E-state index in [2.05, 4.69) is 10.3 Å². The second-order valence-corrected chi connectivity index (χ2v) is 7.90. The maximum absolute atomic E-state index is 12.7. The molecule has 9 heteroatoms. The monoisotopic (exact) mass is 450 g/mol. The first-order valence-electron chi connectivity index (χ1n) is 10.1. The number of hydrogen-bond acceptors (Lipinski definition) is 6. The summed E-state index contributed by atoms with van der Waals surface area (Å²) in [5.74, 6) is -1.05. The smallest absolute Gasteiger partial charge is 0.357 e. The van der Waals surface area contributed by atoms with Crippen molar-refractivity contribution in [1.29, 1.82) is 0 Å². The van der Waals surface area contributed by atoms with Gasteiger partial charge in [-0.25, -0.2) is 9.78 Å². The highest BCUT2D eigenvalue weighted by atomic mass is 32.2. The number of thioether (sulfide) groups is 1. The van der Waals surface area contributed by atoms with Crippen LogP contribution in [0.15, 0.2) is 66.0 Å². The van der Waals surface area contributed by atoms with Gasteiger partial charge in [0.15, 0.2) is 17.5 Å². The van der Waals surface area contributed by atoms with Crippen molar-refractivity contribution in [2.45, 2.75) is 18.0 Å². The number of carbonyl (C=O) groups is 3. The van der Waals surface area contributed by atoms with Crippen molar-refractivity contribution in [2.75, 3.05) is 29.6 Å². The van der Waals surface area contributed by atoms with Crippen LogP contribution in [0.4, 0.5) is 11.4 Å². The first-order valence-corrected chi connectivity index (χ1v) is 11.3. The minimum absolute atomic E-state index is 0.0713. The highest BCUT2D eigenvalue weighted by molar-refractivity contribution is 7.98. The van der Waals surface area contributed by atoms with Crippen molar-refractivity contribution in [2.24, 2.45) is 0 Å². The van der Waals surface area contributed by atoms with Crippen LogP contribution in [-0.2, 0) is 14.3 Å². The highest BCUT2D eigenvalue weighted by Crippen LogP contribution is 2.24. The molecule has 0 spiro atoms. The fourth-order valence-electron chi connectivity index (χ4n) is 3.52. The third-order valence-electron chi connectivity index (χ3n) is 4.98. The number of anilines is 2. The van der Waals surface area contributed by atoms with E-state index in [0.717, 1.165) is 17.8 Å². The van der Waals surface area contributed by atoms with Gasteiger partial charge in [0.05, 0.1) is 6.20 Å². The molecule has 32 heavy (non-hydrogen) atoms. The summed E-state index contributed by atoms with van der Waals surface area (Å²) in [6.07, 6.45) is 4.66. The molecule has 1 N–H and O–H groups in total. The number of benzene rings is 2. The summed E-state index contributed by atoms with van der Waals surface area (Å²) in [4.78, 5) is 43.0. The van der Waals surface area contributed by atoms with E-state index in [1.807, 2.05) is 42.7 Å². The van der Waals surface area contributed by atoms with Crippen LogP contribution < -0.4 is 10.2 Å². The number of carbonyl (C=O) groups excluding carboxylic acids is 3. The second kappa shape index (κ2) is 9.69. The lowest BCUT2D eigenvalue weighted by Crippen LogP contribution is -2.24. The molecular formula is C23H22N4O4S. The average Bonchev–Trinajstić information content (AvgIpc) is 3.44. The third-order valence-corrected chi connectivity index (χ3v) is 5.64. The predicted molar refractivity (Wildman–Crippen MR) is 122 cm³/mol. The molecule has 4 rings (SSSR count). The summed E-state index contributed by atoms with van der Waals surface area (Å²) in [5.41, 5.74) is 2.28. The van der Waals surface area contributed by atoms with Crippen LogP contribution in [0.5, 0.6) is 0 Å². The first kappa shape index (κ1) is 21.6. The fourth-order valence-corrected chi connectivity index (χ4v) is 4.07. The molecule has 1 aromatic heterocycles. The van der Waals surface area contributed by atoms with Crippen LogP contribution in [0.2, 0.25) is 0 Å². The number of imidazole rings is 1. The van der Waals surface area contributed by atoms with E-state index in [4.69, 9.17) is 4.74 Å². The van der Waals surface area contributed by atoms with Crippen molar-refractivity contribution in [1.82, 2.24) is 9.55 Å². The minimum Gasteiger partial charge on any atom is -0.451 e. The van der Waals surface area contributed by atoms with Crippen LogP contribution in [-0.4, -0.2) is 46.7 Å². The minimum atomic E-state index is -0.645. The molecule has 164 valence electrons. The standard InChI is InChI=1S/C23H22N4O4S/c1-32-23-24-14-19(27(23)17-8-3-2-4-9-17)22(30)31-15-20(28)25-16-7-5-10-18(13-16)26-12-6-11-21(26)29/h2-5,7-10,13-14H,6,11-12,15H2,1H3,(H,25,28). The molecule has 2 heterocycles. The van der Waals surface area contributed by atoms with E-state index >= 15 is 0 Å². The van der Waals surface area contributed by atoms with Crippen molar-refractivity contribution in [3.05, 3.63) is 66.5 Å². The third kappa shape index (κ3) is 4.67. The Kier molecular flexibility index (Phi) is 6.55. The van der Waals surface area contributed by atoms with Gasteiger partial charge in [-0.05, 0) is 43.0 Å². The second-order valence-electron chi connectivity index (χ2n) is 7.12. The maximum atomic E-state index is 12.7. The Hall–Kier alpha value is -3.59. The zero-order chi connectivity index (χ0) is 22.5. The van der Waals surface area contributed by atoms with E-state index in [0.29, 0.717) is 23.8 Å². The molecule has 1 aliphatic heterocycles. The van der Waals surface area contributed by atoms with Gasteiger partial charge in [-0.1, -0.05) is 36.0 Å². The van der Waals surface area contributed by atoms with Gasteiger partial charge in [-0.2, -0.15) is 0 Å². The number of nitrogens with zero attached hydrogens (tertiary/aromatic N) is 3. The lowest BCUT2D eigenvalue weighted by molar-refractivity contribution is -0.119. The molecular weight excluding hydrogens is 428 g/mol. The Balaban J connectivity index is 1.41. The number of aromatic nitrogens is 2. The van der Waals surface area contributed by atoms with Crippen LogP contribution >= 0.6 is 11.8 Å². The van der Waals surface area contributed by atoms with Crippen molar-refractivity contribution >= 4 is 40.9 Å². The number of rotatable bonds is 7. The molecule has 0 atom stereocenters. The number of amides is 2. The molecule has 2 amide bonds. The topological polar surface area (TPSA) is 93.5 Å². The van der Waals surface area contributed by atoms with E-state index in [9.17, 15) is 14.4 Å². The zero-order valence-electron chi connectivity index (χ0n) is 17.5. The molecule has 0 aliphatic carbocycles. The molecule has 0 radical (unpaired) electrons. The van der Waals surface area contributed by atoms with Crippen molar-refractivity contribution in [3.63, 3.8) is 0 Å². The largest absolute Gasteiger partial charge is 0.451 e. The Morgan fingerprint density at radius 2 is 1.91 bits per heavy atom. The summed E-state index contributed by atoms with van der Waals surface area (Å²) in [6, 6.07) is 16.4. The van der Waals surface area contributed by atoms with Crippen molar-refractivity contribution < 1.29 is 19.1 Å². The summed E-state index contributed by atoms with van der Waals surface area (Å²) >= 11 is 1.40. The van der Waals surface area contributed by atoms with Gasteiger partial charge in [0.25, 0.3) is 5.91 Å². The van der Waals surface area contributed by atoms with E-state index < -0.39 is 18.5 Å². The molecule has 8 nitrogen and oxygen atoms in total. The zero-order valence-corrected chi connectivity index (χ0v) is 18.3. The summed E-state index contributed by atoms with van der Waals surface area (Å²) in [6.45, 7) is 0.223. The number of nitrogens with one attached hydrogen (secondary N) is 1. The van der Waals surface area contributed by atoms with E-state index in [1.54, 1.807) is 27.7 Å². The van der Waals surface area contributed by atoms with Crippen LogP contribution in [0, 0.1) is 0 Å². The van der Waals surface area contributed by atoms with Crippen LogP contribution in [0.25, 0.3) is 5.69 Å². The number of hydrogen-bond donors (Lipinski definition) is 1. The van der Waals surface area contributed by atoms with Crippen LogP contribution in [0.3, 0.4) is 0 Å². The van der Waals surface area contributed by atoms with Gasteiger partial charge >= 0.3 is 5.97 Å². The number of esters is 1. The average molecular weight is 451 g/mol. The summed E-state index contributed by atoms with van der Waals surface area (Å²) in [5, 5.41) is 3.35. The highest BCUT2D eigenvalue weighted by Gasteiger charge is 2.22. The Labute approximate surface area is 189 Å². The lowest BCUT2D eigenvalue weighted by Gasteiger charge is -2.16. The molecule has 0 bridgehead atoms. The summed E-state index contributed by atoms with van der Waals surface area (Å²) < 4.78 is 6.94. The Morgan fingerprint density at radius 3 is 2.62 bits per heavy atom. The molecule has 1 saturated heterocycles. The Bertz CT molecular complexity index is 1150. The van der Waals surface area contributed by atoms with Crippen LogP contribution in [0.1, 0.15) is 23.3 Å². The number of ether oxygens (including phenoxy) is 1. The lowest BCUT2D eigenvalue weighted by atomic mass is 10.2. The van der Waals surface area contributed by atoms with Crippen molar-refractivity contribution in [3.8, 4) is 5.69 Å². The quantitative estimate of drug-likeness (QED) is 0.437. The molecule has 0 unspecified atom stereocenters. The van der Waals surface area contributed by atoms with Gasteiger partial charge in [0.2, 0.25) is 5.91 Å². The fraction of sp³-hybridized carbons (Fsp3) is 0.217. The van der Waals surface area contributed by atoms with Gasteiger partial charge < -0.3 is 15.0 Å². The van der Waals surface area contributed by atoms with Gasteiger partial charge in [0, 0.05) is 30.0 Å². The SMILES string of the molecule is CSc1ncc(C(=O)OCC(=O)Nc2cccc(N3CCCC3=O)c2)n1-c1ccccc1. The molecule has 0 saturated carbocycles. The Morgan fingerprint density at radius 1 is 1.12 bits per heavy atom. The van der Waals surface area contributed by atoms with E-state index in [1.165, 1.54) is 18.0 Å². The number of para-hydroxylation sites is 1. The molecule has 2 aromatic carbocycles. The maximum Gasteiger partial charge on any atom is 0.357 e. The predicted octanol–water partition coefficient (Wildman–Crippen LogP) is 3.52. The van der Waals surface area contributed by atoms with Gasteiger partial charge in [-0.3, -0.25) is 14.2 Å². The van der Waals surface area contributed by atoms with E-state index in [-0.39, 0.29) is 11.6 Å². The summed E-state index contributed by atoms with van der Waals surface area (Å²) in [7, 11) is 0.